The first kappa shape index (κ1) is 21.1. The fourth-order valence-corrected chi connectivity index (χ4v) is 4.68. The molecule has 0 saturated carbocycles. The van der Waals surface area contributed by atoms with E-state index in [0.717, 1.165) is 29.0 Å². The van der Waals surface area contributed by atoms with Gasteiger partial charge in [-0.2, -0.15) is 0 Å². The van der Waals surface area contributed by atoms with Gasteiger partial charge in [-0.3, -0.25) is 9.71 Å². The average Bonchev–Trinajstić information content (AvgIpc) is 3.30. The van der Waals surface area contributed by atoms with E-state index in [-0.39, 0.29) is 12.1 Å². The van der Waals surface area contributed by atoms with Crippen LogP contribution in [0.3, 0.4) is 0 Å². The monoisotopic (exact) mass is 457 g/mol. The van der Waals surface area contributed by atoms with Gasteiger partial charge in [0.25, 0.3) is 0 Å². The largest absolute Gasteiger partial charge is 0.494 e. The summed E-state index contributed by atoms with van der Waals surface area (Å²) in [5.74, 6) is 0.397. The standard InChI is InChI=1S/C21H23N5O3S2/c1-13-7-9-17(23-13)20-19(16-6-4-5-11-22-16)24-21(30)26(20)14-8-10-15(18(12-14)29-2)25-31(3,27)28/h4-12,19-20,23,25H,1-3H3,(H,24,30)/t19-,20+/m1/s1. The zero-order valence-corrected chi connectivity index (χ0v) is 18.9. The van der Waals surface area contributed by atoms with E-state index < -0.39 is 10.0 Å². The van der Waals surface area contributed by atoms with Crippen molar-refractivity contribution >= 4 is 38.7 Å². The molecule has 8 nitrogen and oxygen atoms in total. The van der Waals surface area contributed by atoms with Gasteiger partial charge in [-0.1, -0.05) is 6.07 Å². The quantitative estimate of drug-likeness (QED) is 0.489. The molecule has 0 aliphatic carbocycles. The number of ether oxygens (including phenoxy) is 1. The van der Waals surface area contributed by atoms with Gasteiger partial charge < -0.3 is 19.9 Å². The Morgan fingerprint density at radius 1 is 1.19 bits per heavy atom. The average molecular weight is 458 g/mol. The first-order chi connectivity index (χ1) is 14.8. The molecule has 0 spiro atoms. The molecule has 1 aromatic carbocycles. The van der Waals surface area contributed by atoms with E-state index in [0.29, 0.717) is 16.5 Å². The van der Waals surface area contributed by atoms with Crippen LogP contribution in [-0.2, 0) is 10.0 Å². The Hall–Kier alpha value is -3.11. The maximum atomic E-state index is 11.7. The van der Waals surface area contributed by atoms with Crippen molar-refractivity contribution in [1.82, 2.24) is 15.3 Å². The normalized spacial score (nSPS) is 18.7. The van der Waals surface area contributed by atoms with Crippen molar-refractivity contribution in [3.05, 3.63) is 71.8 Å². The van der Waals surface area contributed by atoms with Crippen LogP contribution in [0.1, 0.15) is 29.2 Å². The summed E-state index contributed by atoms with van der Waals surface area (Å²) in [5.41, 5.74) is 4.02. The van der Waals surface area contributed by atoms with Crippen molar-refractivity contribution in [3.63, 3.8) is 0 Å². The van der Waals surface area contributed by atoms with Gasteiger partial charge >= 0.3 is 0 Å². The van der Waals surface area contributed by atoms with Crippen molar-refractivity contribution in [2.45, 2.75) is 19.0 Å². The molecule has 10 heteroatoms. The number of nitrogens with zero attached hydrogens (tertiary/aromatic N) is 2. The van der Waals surface area contributed by atoms with Crippen LogP contribution in [0.4, 0.5) is 11.4 Å². The molecule has 4 rings (SSSR count). The number of aromatic amines is 1. The van der Waals surface area contributed by atoms with Crippen molar-refractivity contribution in [2.24, 2.45) is 0 Å². The number of H-pyrrole nitrogens is 1. The SMILES string of the molecule is COc1cc(N2C(=S)N[C@H](c3ccccn3)[C@@H]2c2ccc(C)[nH]2)ccc1NS(C)(=O)=O. The molecule has 2 aromatic heterocycles. The van der Waals surface area contributed by atoms with E-state index in [1.807, 2.05) is 48.2 Å². The molecular formula is C21H23N5O3S2. The number of nitrogens with one attached hydrogen (secondary N) is 3. The molecule has 2 atom stereocenters. The summed E-state index contributed by atoms with van der Waals surface area (Å²) in [6, 6.07) is 14.7. The van der Waals surface area contributed by atoms with E-state index in [1.54, 1.807) is 18.3 Å². The Morgan fingerprint density at radius 2 is 2.00 bits per heavy atom. The first-order valence-corrected chi connectivity index (χ1v) is 11.9. The fraction of sp³-hybridized carbons (Fsp3) is 0.238. The molecule has 0 radical (unpaired) electrons. The van der Waals surface area contributed by atoms with E-state index in [1.165, 1.54) is 7.11 Å². The smallest absolute Gasteiger partial charge is 0.229 e. The molecule has 0 amide bonds. The number of rotatable bonds is 6. The summed E-state index contributed by atoms with van der Waals surface area (Å²) in [6.45, 7) is 2.00. The molecule has 3 heterocycles. The summed E-state index contributed by atoms with van der Waals surface area (Å²) >= 11 is 5.70. The zero-order valence-electron chi connectivity index (χ0n) is 17.3. The number of benzene rings is 1. The highest BCUT2D eigenvalue weighted by molar-refractivity contribution is 7.92. The molecule has 0 unspecified atom stereocenters. The minimum atomic E-state index is -3.44. The Kier molecular flexibility index (Phi) is 5.59. The van der Waals surface area contributed by atoms with Gasteiger partial charge in [0, 0.05) is 29.3 Å². The zero-order chi connectivity index (χ0) is 22.2. The van der Waals surface area contributed by atoms with Crippen LogP contribution in [0.25, 0.3) is 0 Å². The van der Waals surface area contributed by atoms with Gasteiger partial charge in [0.1, 0.15) is 11.8 Å². The Bertz CT molecular complexity index is 1210. The van der Waals surface area contributed by atoms with Gasteiger partial charge in [0.15, 0.2) is 5.11 Å². The topological polar surface area (TPSA) is 99.3 Å². The summed E-state index contributed by atoms with van der Waals surface area (Å²) in [4.78, 5) is 9.94. The van der Waals surface area contributed by atoms with Crippen molar-refractivity contribution in [1.29, 1.82) is 0 Å². The maximum Gasteiger partial charge on any atom is 0.229 e. The molecule has 0 bridgehead atoms. The Morgan fingerprint density at radius 3 is 2.61 bits per heavy atom. The molecule has 1 aliphatic rings. The molecule has 3 aromatic rings. The minimum Gasteiger partial charge on any atom is -0.494 e. The lowest BCUT2D eigenvalue weighted by molar-refractivity contribution is 0.417. The molecule has 1 aliphatic heterocycles. The third-order valence-electron chi connectivity index (χ3n) is 5.03. The number of thiocarbonyl (C=S) groups is 1. The molecule has 1 saturated heterocycles. The minimum absolute atomic E-state index is 0.174. The lowest BCUT2D eigenvalue weighted by Gasteiger charge is -2.27. The lowest BCUT2D eigenvalue weighted by atomic mass is 10.0. The molecule has 31 heavy (non-hydrogen) atoms. The molecule has 162 valence electrons. The van der Waals surface area contributed by atoms with Crippen molar-refractivity contribution < 1.29 is 13.2 Å². The number of aromatic nitrogens is 2. The number of methoxy groups -OCH3 is 1. The van der Waals surface area contributed by atoms with E-state index in [9.17, 15) is 8.42 Å². The number of hydrogen-bond acceptors (Lipinski definition) is 5. The van der Waals surface area contributed by atoms with Crippen LogP contribution in [0.5, 0.6) is 5.75 Å². The van der Waals surface area contributed by atoms with Gasteiger partial charge in [0.05, 0.1) is 30.8 Å². The lowest BCUT2D eigenvalue weighted by Crippen LogP contribution is -2.29. The van der Waals surface area contributed by atoms with Gasteiger partial charge in [-0.25, -0.2) is 8.42 Å². The van der Waals surface area contributed by atoms with Gasteiger partial charge in [0.2, 0.25) is 10.0 Å². The first-order valence-electron chi connectivity index (χ1n) is 9.59. The highest BCUT2D eigenvalue weighted by Gasteiger charge is 2.41. The predicted octanol–water partition coefficient (Wildman–Crippen LogP) is 3.28. The van der Waals surface area contributed by atoms with E-state index in [2.05, 4.69) is 20.0 Å². The molecular weight excluding hydrogens is 434 g/mol. The fourth-order valence-electron chi connectivity index (χ4n) is 3.76. The molecule has 3 N–H and O–H groups in total. The number of anilines is 2. The maximum absolute atomic E-state index is 11.7. The number of sulfonamides is 1. The second-order valence-corrected chi connectivity index (χ2v) is 9.49. The Labute approximate surface area is 186 Å². The molecule has 1 fully saturated rings. The van der Waals surface area contributed by atoms with Crippen LogP contribution < -0.4 is 19.7 Å². The third-order valence-corrected chi connectivity index (χ3v) is 5.94. The highest BCUT2D eigenvalue weighted by atomic mass is 32.2. The van der Waals surface area contributed by atoms with Crippen LogP contribution >= 0.6 is 12.2 Å². The number of hydrogen-bond donors (Lipinski definition) is 3. The highest BCUT2D eigenvalue weighted by Crippen LogP contribution is 2.42. The van der Waals surface area contributed by atoms with Gasteiger partial charge in [-0.05, 0) is 55.5 Å². The van der Waals surface area contributed by atoms with Gasteiger partial charge in [-0.15, -0.1) is 0 Å². The summed E-state index contributed by atoms with van der Waals surface area (Å²) in [7, 11) is -1.95. The summed E-state index contributed by atoms with van der Waals surface area (Å²) in [6.07, 6.45) is 2.86. The van der Waals surface area contributed by atoms with Crippen molar-refractivity contribution in [2.75, 3.05) is 23.0 Å². The van der Waals surface area contributed by atoms with E-state index >= 15 is 0 Å². The summed E-state index contributed by atoms with van der Waals surface area (Å²) < 4.78 is 31.3. The van der Waals surface area contributed by atoms with Crippen LogP contribution in [0.15, 0.2) is 54.7 Å². The van der Waals surface area contributed by atoms with Crippen LogP contribution in [-0.4, -0.2) is 36.9 Å². The third kappa shape index (κ3) is 4.35. The number of aryl methyl sites for hydroxylation is 1. The summed E-state index contributed by atoms with van der Waals surface area (Å²) in [5, 5.41) is 3.93. The Balaban J connectivity index is 1.79. The van der Waals surface area contributed by atoms with Crippen molar-refractivity contribution in [3.8, 4) is 5.75 Å². The van der Waals surface area contributed by atoms with E-state index in [4.69, 9.17) is 17.0 Å². The predicted molar refractivity (Wildman–Crippen MR) is 125 cm³/mol. The van der Waals surface area contributed by atoms with Crippen LogP contribution in [0, 0.1) is 6.92 Å². The number of pyridine rings is 1. The van der Waals surface area contributed by atoms with Crippen LogP contribution in [0.2, 0.25) is 0 Å². The second kappa shape index (κ2) is 8.20. The second-order valence-electron chi connectivity index (χ2n) is 7.35.